The van der Waals surface area contributed by atoms with E-state index in [4.69, 9.17) is 23.2 Å². The van der Waals surface area contributed by atoms with Crippen LogP contribution in [0.15, 0.2) is 18.3 Å². The van der Waals surface area contributed by atoms with Crippen molar-refractivity contribution >= 4 is 23.2 Å². The molecule has 0 spiro atoms. The second-order valence-corrected chi connectivity index (χ2v) is 4.35. The van der Waals surface area contributed by atoms with Crippen molar-refractivity contribution in [2.24, 2.45) is 0 Å². The Morgan fingerprint density at radius 3 is 2.62 bits per heavy atom. The molecular weight excluding hydrogens is 245 g/mol. The summed E-state index contributed by atoms with van der Waals surface area (Å²) >= 11 is 11.9. The molecule has 3 nitrogen and oxygen atoms in total. The Hall–Kier alpha value is -1.06. The molecule has 16 heavy (non-hydrogen) atoms. The van der Waals surface area contributed by atoms with Crippen LogP contribution in [0.3, 0.4) is 0 Å². The highest BCUT2D eigenvalue weighted by atomic mass is 35.5. The molecule has 0 fully saturated rings. The molecule has 2 heterocycles. The van der Waals surface area contributed by atoms with Crippen molar-refractivity contribution < 1.29 is 0 Å². The summed E-state index contributed by atoms with van der Waals surface area (Å²) in [7, 11) is 0. The van der Waals surface area contributed by atoms with Crippen LogP contribution >= 0.6 is 23.2 Å². The van der Waals surface area contributed by atoms with E-state index < -0.39 is 0 Å². The van der Waals surface area contributed by atoms with Crippen LogP contribution < -0.4 is 0 Å². The lowest BCUT2D eigenvalue weighted by Gasteiger charge is -2.05. The van der Waals surface area contributed by atoms with Crippen molar-refractivity contribution in [2.45, 2.75) is 20.3 Å². The second kappa shape index (κ2) is 4.44. The number of hydrogen-bond donors (Lipinski definition) is 0. The Kier molecular flexibility index (Phi) is 3.17. The molecule has 5 heteroatoms. The second-order valence-electron chi connectivity index (χ2n) is 3.50. The first-order valence-electron chi connectivity index (χ1n) is 4.98. The summed E-state index contributed by atoms with van der Waals surface area (Å²) in [4.78, 5) is 4.19. The maximum Gasteiger partial charge on any atom is 0.172 e. The van der Waals surface area contributed by atoms with E-state index >= 15 is 0 Å². The van der Waals surface area contributed by atoms with Crippen LogP contribution in [0.2, 0.25) is 10.0 Å². The van der Waals surface area contributed by atoms with E-state index in [9.17, 15) is 0 Å². The highest BCUT2D eigenvalue weighted by Gasteiger charge is 2.10. The van der Waals surface area contributed by atoms with Gasteiger partial charge < -0.3 is 0 Å². The number of nitrogens with zero attached hydrogens (tertiary/aromatic N) is 3. The summed E-state index contributed by atoms with van der Waals surface area (Å²) in [5.74, 6) is 0.614. The number of aryl methyl sites for hydroxylation is 2. The van der Waals surface area contributed by atoms with Gasteiger partial charge in [-0.15, -0.1) is 0 Å². The van der Waals surface area contributed by atoms with Crippen LogP contribution in [0, 0.1) is 6.92 Å². The zero-order valence-electron chi connectivity index (χ0n) is 9.04. The molecule has 0 N–H and O–H groups in total. The molecule has 0 unspecified atom stereocenters. The minimum Gasteiger partial charge on any atom is -0.234 e. The van der Waals surface area contributed by atoms with Gasteiger partial charge in [0.2, 0.25) is 0 Å². The van der Waals surface area contributed by atoms with Crippen molar-refractivity contribution in [2.75, 3.05) is 0 Å². The molecule has 0 bridgehead atoms. The fraction of sp³-hybridized carbons (Fsp3) is 0.273. The molecule has 0 atom stereocenters. The van der Waals surface area contributed by atoms with E-state index in [0.717, 1.165) is 17.8 Å². The number of halogens is 2. The number of hydrogen-bond acceptors (Lipinski definition) is 2. The first-order chi connectivity index (χ1) is 7.61. The van der Waals surface area contributed by atoms with Crippen LogP contribution in [0.5, 0.6) is 0 Å². The Balaban J connectivity index is 2.53. The summed E-state index contributed by atoms with van der Waals surface area (Å²) < 4.78 is 1.73. The lowest BCUT2D eigenvalue weighted by atomic mass is 10.3. The van der Waals surface area contributed by atoms with Gasteiger partial charge in [0.05, 0.1) is 15.7 Å². The third kappa shape index (κ3) is 2.06. The molecule has 0 saturated heterocycles. The summed E-state index contributed by atoms with van der Waals surface area (Å²) in [6.45, 7) is 4.03. The number of pyridine rings is 1. The van der Waals surface area contributed by atoms with E-state index in [0.29, 0.717) is 15.9 Å². The predicted octanol–water partition coefficient (Wildman–Crippen LogP) is 3.44. The average molecular weight is 256 g/mol. The Morgan fingerprint density at radius 1 is 1.31 bits per heavy atom. The summed E-state index contributed by atoms with van der Waals surface area (Å²) in [5.41, 5.74) is 2.03. The van der Waals surface area contributed by atoms with Crippen LogP contribution in [-0.4, -0.2) is 14.8 Å². The van der Waals surface area contributed by atoms with Gasteiger partial charge in [0.25, 0.3) is 0 Å². The quantitative estimate of drug-likeness (QED) is 0.823. The van der Waals surface area contributed by atoms with Crippen LogP contribution in [-0.2, 0) is 6.42 Å². The van der Waals surface area contributed by atoms with Crippen LogP contribution in [0.1, 0.15) is 18.3 Å². The minimum absolute atomic E-state index is 0.501. The minimum atomic E-state index is 0.501. The van der Waals surface area contributed by atoms with Gasteiger partial charge in [0.15, 0.2) is 5.82 Å². The van der Waals surface area contributed by atoms with Crippen molar-refractivity contribution in [1.82, 2.24) is 14.8 Å². The molecule has 2 aromatic heterocycles. The lowest BCUT2D eigenvalue weighted by molar-refractivity contribution is 0.794. The SMILES string of the molecule is CCc1cc(C)n(-c2ncc(Cl)cc2Cl)n1. The van der Waals surface area contributed by atoms with Gasteiger partial charge in [0, 0.05) is 11.9 Å². The van der Waals surface area contributed by atoms with Gasteiger partial charge >= 0.3 is 0 Å². The maximum atomic E-state index is 6.08. The Morgan fingerprint density at radius 2 is 2.06 bits per heavy atom. The van der Waals surface area contributed by atoms with Crippen molar-refractivity contribution in [3.05, 3.63) is 39.8 Å². The van der Waals surface area contributed by atoms with E-state index in [-0.39, 0.29) is 0 Å². The van der Waals surface area contributed by atoms with Gasteiger partial charge in [-0.3, -0.25) is 0 Å². The predicted molar refractivity (Wildman–Crippen MR) is 65.5 cm³/mol. The van der Waals surface area contributed by atoms with Crippen LogP contribution in [0.25, 0.3) is 5.82 Å². The Bertz CT molecular complexity index is 520. The molecule has 0 aliphatic rings. The zero-order valence-corrected chi connectivity index (χ0v) is 10.5. The Labute approximate surface area is 104 Å². The van der Waals surface area contributed by atoms with E-state index in [1.807, 2.05) is 13.0 Å². The lowest BCUT2D eigenvalue weighted by Crippen LogP contribution is -2.02. The van der Waals surface area contributed by atoms with Gasteiger partial charge in [-0.2, -0.15) is 5.10 Å². The molecule has 84 valence electrons. The van der Waals surface area contributed by atoms with Gasteiger partial charge in [-0.25, -0.2) is 9.67 Å². The topological polar surface area (TPSA) is 30.7 Å². The van der Waals surface area contributed by atoms with Gasteiger partial charge in [0.1, 0.15) is 0 Å². The van der Waals surface area contributed by atoms with E-state index in [1.54, 1.807) is 16.9 Å². The molecule has 0 aromatic carbocycles. The first-order valence-corrected chi connectivity index (χ1v) is 5.74. The summed E-state index contributed by atoms with van der Waals surface area (Å²) in [5, 5.41) is 5.44. The molecule has 2 aromatic rings. The third-order valence-electron chi connectivity index (χ3n) is 2.29. The summed E-state index contributed by atoms with van der Waals surface area (Å²) in [6.07, 6.45) is 2.45. The molecule has 0 saturated carbocycles. The fourth-order valence-electron chi connectivity index (χ4n) is 1.49. The maximum absolute atomic E-state index is 6.08. The fourth-order valence-corrected chi connectivity index (χ4v) is 1.95. The van der Waals surface area contributed by atoms with Crippen molar-refractivity contribution in [1.29, 1.82) is 0 Å². The highest BCUT2D eigenvalue weighted by molar-refractivity contribution is 6.35. The monoisotopic (exact) mass is 255 g/mol. The molecule has 0 amide bonds. The normalized spacial score (nSPS) is 10.8. The van der Waals surface area contributed by atoms with Crippen molar-refractivity contribution in [3.8, 4) is 5.82 Å². The molecule has 0 aliphatic carbocycles. The van der Waals surface area contributed by atoms with E-state index in [1.165, 1.54) is 0 Å². The smallest absolute Gasteiger partial charge is 0.172 e. The van der Waals surface area contributed by atoms with Gasteiger partial charge in [-0.05, 0) is 25.5 Å². The standard InChI is InChI=1S/C11H11Cl2N3/c1-3-9-4-7(2)16(15-9)11-10(13)5-8(12)6-14-11/h4-6H,3H2,1-2H3. The molecule has 0 radical (unpaired) electrons. The van der Waals surface area contributed by atoms with Crippen LogP contribution in [0.4, 0.5) is 0 Å². The first kappa shape index (κ1) is 11.4. The molecule has 0 aliphatic heterocycles. The zero-order chi connectivity index (χ0) is 11.7. The van der Waals surface area contributed by atoms with Crippen molar-refractivity contribution in [3.63, 3.8) is 0 Å². The largest absolute Gasteiger partial charge is 0.234 e. The number of rotatable bonds is 2. The van der Waals surface area contributed by atoms with Gasteiger partial charge in [-0.1, -0.05) is 30.1 Å². The number of aromatic nitrogens is 3. The highest BCUT2D eigenvalue weighted by Crippen LogP contribution is 2.22. The summed E-state index contributed by atoms with van der Waals surface area (Å²) in [6, 6.07) is 3.69. The average Bonchev–Trinajstić information content (AvgIpc) is 2.60. The molecule has 2 rings (SSSR count). The van der Waals surface area contributed by atoms with E-state index in [2.05, 4.69) is 17.0 Å². The third-order valence-corrected chi connectivity index (χ3v) is 2.77. The molecular formula is C11H11Cl2N3.